The van der Waals surface area contributed by atoms with Crippen molar-refractivity contribution in [1.82, 2.24) is 10.3 Å². The number of nitrogens with one attached hydrogen (secondary N) is 1. The van der Waals surface area contributed by atoms with E-state index in [2.05, 4.69) is 24.1 Å². The first kappa shape index (κ1) is 17.1. The van der Waals surface area contributed by atoms with Gasteiger partial charge in [0.25, 0.3) is 0 Å². The third kappa shape index (κ3) is 3.24. The highest BCUT2D eigenvalue weighted by Crippen LogP contribution is 2.46. The molecule has 5 nitrogen and oxygen atoms in total. The fourth-order valence-corrected chi connectivity index (χ4v) is 3.66. The monoisotopic (exact) mass is 335 g/mol. The Balaban J connectivity index is 1.72. The second kappa shape index (κ2) is 6.67. The van der Waals surface area contributed by atoms with Gasteiger partial charge >= 0.3 is 0 Å². The van der Waals surface area contributed by atoms with Gasteiger partial charge in [0.05, 0.1) is 29.9 Å². The SMILES string of the molecule is COCC1(C(=O)N[C@H]2CN(c3ccncc3F)C[C@@H]2C(C)C)CC1. The fraction of sp³-hybridized carbons (Fsp3) is 0.667. The van der Waals surface area contributed by atoms with Crippen molar-refractivity contribution < 1.29 is 13.9 Å². The number of carbonyl (C=O) groups excluding carboxylic acids is 1. The summed E-state index contributed by atoms with van der Waals surface area (Å²) in [6.07, 6.45) is 4.61. The van der Waals surface area contributed by atoms with Crippen LogP contribution in [0.15, 0.2) is 18.5 Å². The van der Waals surface area contributed by atoms with Gasteiger partial charge in [0, 0.05) is 32.3 Å². The maximum absolute atomic E-state index is 14.1. The van der Waals surface area contributed by atoms with Crippen LogP contribution < -0.4 is 10.2 Å². The Morgan fingerprint density at radius 3 is 2.83 bits per heavy atom. The predicted molar refractivity (Wildman–Crippen MR) is 90.2 cm³/mol. The summed E-state index contributed by atoms with van der Waals surface area (Å²) in [5, 5.41) is 3.22. The number of methoxy groups -OCH3 is 1. The van der Waals surface area contributed by atoms with Crippen LogP contribution in [0.5, 0.6) is 0 Å². The van der Waals surface area contributed by atoms with Gasteiger partial charge in [-0.1, -0.05) is 13.8 Å². The molecule has 2 atom stereocenters. The average Bonchev–Trinajstić information content (AvgIpc) is 3.21. The molecule has 0 spiro atoms. The number of pyridine rings is 1. The smallest absolute Gasteiger partial charge is 0.228 e. The molecule has 0 unspecified atom stereocenters. The number of hydrogen-bond acceptors (Lipinski definition) is 4. The van der Waals surface area contributed by atoms with Crippen molar-refractivity contribution in [2.45, 2.75) is 32.7 Å². The number of ether oxygens (including phenoxy) is 1. The first-order chi connectivity index (χ1) is 11.5. The minimum atomic E-state index is -0.342. The van der Waals surface area contributed by atoms with Gasteiger partial charge in [-0.25, -0.2) is 4.39 Å². The zero-order valence-electron chi connectivity index (χ0n) is 14.6. The lowest BCUT2D eigenvalue weighted by Crippen LogP contribution is -2.46. The summed E-state index contributed by atoms with van der Waals surface area (Å²) < 4.78 is 19.3. The van der Waals surface area contributed by atoms with E-state index in [1.54, 1.807) is 19.4 Å². The highest BCUT2D eigenvalue weighted by atomic mass is 19.1. The first-order valence-electron chi connectivity index (χ1n) is 8.61. The molecule has 1 saturated carbocycles. The van der Waals surface area contributed by atoms with Crippen molar-refractivity contribution in [3.63, 3.8) is 0 Å². The van der Waals surface area contributed by atoms with Crippen molar-refractivity contribution >= 4 is 11.6 Å². The summed E-state index contributed by atoms with van der Waals surface area (Å²) in [4.78, 5) is 18.5. The van der Waals surface area contributed by atoms with Crippen LogP contribution in [0.2, 0.25) is 0 Å². The number of rotatable bonds is 6. The number of nitrogens with zero attached hydrogens (tertiary/aromatic N) is 2. The van der Waals surface area contributed by atoms with Gasteiger partial charge in [-0.3, -0.25) is 9.78 Å². The molecule has 2 fully saturated rings. The Labute approximate surface area is 142 Å². The van der Waals surface area contributed by atoms with Gasteiger partial charge in [0.15, 0.2) is 5.82 Å². The fourth-order valence-electron chi connectivity index (χ4n) is 3.66. The molecular formula is C18H26FN3O2. The van der Waals surface area contributed by atoms with Crippen LogP contribution >= 0.6 is 0 Å². The van der Waals surface area contributed by atoms with Gasteiger partial charge in [0.2, 0.25) is 5.91 Å². The average molecular weight is 335 g/mol. The van der Waals surface area contributed by atoms with E-state index in [1.165, 1.54) is 6.20 Å². The molecule has 24 heavy (non-hydrogen) atoms. The number of amides is 1. The van der Waals surface area contributed by atoms with E-state index in [-0.39, 0.29) is 23.2 Å². The van der Waals surface area contributed by atoms with Crippen LogP contribution in [0.25, 0.3) is 0 Å². The summed E-state index contributed by atoms with van der Waals surface area (Å²) in [6, 6.07) is 1.73. The largest absolute Gasteiger partial charge is 0.384 e. The van der Waals surface area contributed by atoms with Crippen LogP contribution in [-0.2, 0) is 9.53 Å². The molecule has 0 aromatic carbocycles. The highest BCUT2D eigenvalue weighted by molar-refractivity contribution is 5.85. The van der Waals surface area contributed by atoms with Crippen molar-refractivity contribution in [3.05, 3.63) is 24.3 Å². The van der Waals surface area contributed by atoms with Crippen molar-refractivity contribution in [2.75, 3.05) is 31.7 Å². The Kier molecular flexibility index (Phi) is 4.76. The minimum absolute atomic E-state index is 0.0272. The lowest BCUT2D eigenvalue weighted by molar-refractivity contribution is -0.129. The van der Waals surface area contributed by atoms with E-state index in [4.69, 9.17) is 4.74 Å². The highest BCUT2D eigenvalue weighted by Gasteiger charge is 2.51. The second-order valence-electron chi connectivity index (χ2n) is 7.43. The van der Waals surface area contributed by atoms with E-state index < -0.39 is 0 Å². The van der Waals surface area contributed by atoms with Gasteiger partial charge in [-0.2, -0.15) is 0 Å². The molecule has 1 aliphatic heterocycles. The zero-order valence-corrected chi connectivity index (χ0v) is 14.6. The van der Waals surface area contributed by atoms with Crippen molar-refractivity contribution in [1.29, 1.82) is 0 Å². The van der Waals surface area contributed by atoms with Crippen molar-refractivity contribution in [2.24, 2.45) is 17.3 Å². The Hall–Kier alpha value is -1.69. The van der Waals surface area contributed by atoms with Crippen LogP contribution in [0.3, 0.4) is 0 Å². The van der Waals surface area contributed by atoms with Crippen LogP contribution in [0, 0.1) is 23.1 Å². The molecule has 0 bridgehead atoms. The van der Waals surface area contributed by atoms with E-state index >= 15 is 0 Å². The third-order valence-corrected chi connectivity index (χ3v) is 5.39. The zero-order chi connectivity index (χ0) is 17.3. The summed E-state index contributed by atoms with van der Waals surface area (Å²) >= 11 is 0. The molecule has 1 N–H and O–H groups in total. The lowest BCUT2D eigenvalue weighted by atomic mass is 9.90. The molecule has 6 heteroatoms. The maximum atomic E-state index is 14.1. The topological polar surface area (TPSA) is 54.5 Å². The standard InChI is InChI=1S/C18H26FN3O2/c1-12(2)13-9-22(16-4-7-20-8-14(16)19)10-15(13)21-17(23)18(5-6-18)11-24-3/h4,7-8,12-13,15H,5-6,9-11H2,1-3H3,(H,21,23)/t13-,15+/m1/s1. The lowest BCUT2D eigenvalue weighted by Gasteiger charge is -2.25. The maximum Gasteiger partial charge on any atom is 0.228 e. The van der Waals surface area contributed by atoms with E-state index in [0.717, 1.165) is 19.4 Å². The molecule has 2 aliphatic rings. The molecule has 2 heterocycles. The number of carbonyl (C=O) groups is 1. The summed E-state index contributed by atoms with van der Waals surface area (Å²) in [6.45, 7) is 6.14. The molecule has 1 aromatic heterocycles. The van der Waals surface area contributed by atoms with E-state index in [0.29, 0.717) is 30.7 Å². The molecule has 132 valence electrons. The van der Waals surface area contributed by atoms with Gasteiger partial charge in [-0.05, 0) is 24.8 Å². The summed E-state index contributed by atoms with van der Waals surface area (Å²) in [7, 11) is 1.63. The molecular weight excluding hydrogens is 309 g/mol. The van der Waals surface area contributed by atoms with Gasteiger partial charge < -0.3 is 15.0 Å². The van der Waals surface area contributed by atoms with Gasteiger partial charge in [-0.15, -0.1) is 0 Å². The van der Waals surface area contributed by atoms with Gasteiger partial charge in [0.1, 0.15) is 0 Å². The third-order valence-electron chi connectivity index (χ3n) is 5.39. The Bertz CT molecular complexity index is 604. The molecule has 1 saturated heterocycles. The minimum Gasteiger partial charge on any atom is -0.384 e. The van der Waals surface area contributed by atoms with Crippen molar-refractivity contribution in [3.8, 4) is 0 Å². The first-order valence-corrected chi connectivity index (χ1v) is 8.61. The second-order valence-corrected chi connectivity index (χ2v) is 7.43. The van der Waals surface area contributed by atoms with Crippen LogP contribution in [0.4, 0.5) is 10.1 Å². The van der Waals surface area contributed by atoms with E-state index in [1.807, 2.05) is 4.90 Å². The molecule has 1 aromatic rings. The molecule has 1 aliphatic carbocycles. The van der Waals surface area contributed by atoms with Crippen LogP contribution in [0.1, 0.15) is 26.7 Å². The Morgan fingerprint density at radius 2 is 2.25 bits per heavy atom. The molecule has 3 rings (SSSR count). The molecule has 0 radical (unpaired) electrons. The predicted octanol–water partition coefficient (Wildman–Crippen LogP) is 2.22. The summed E-state index contributed by atoms with van der Waals surface area (Å²) in [5.74, 6) is 0.463. The number of halogens is 1. The summed E-state index contributed by atoms with van der Waals surface area (Å²) in [5.41, 5.74) is 0.219. The number of hydrogen-bond donors (Lipinski definition) is 1. The van der Waals surface area contributed by atoms with E-state index in [9.17, 15) is 9.18 Å². The Morgan fingerprint density at radius 1 is 1.50 bits per heavy atom. The quantitative estimate of drug-likeness (QED) is 0.866. The molecule has 1 amide bonds. The number of anilines is 1. The number of aromatic nitrogens is 1. The normalized spacial score (nSPS) is 25.1. The van der Waals surface area contributed by atoms with Crippen LogP contribution in [-0.4, -0.2) is 43.7 Å².